The van der Waals surface area contributed by atoms with Gasteiger partial charge in [0.2, 0.25) is 5.88 Å². The fraction of sp³-hybridized carbons (Fsp3) is 0.353. The second kappa shape index (κ2) is 7.09. The zero-order chi connectivity index (χ0) is 16.1. The Kier molecular flexibility index (Phi) is 4.71. The standard InChI is InChI=1S/C17H20N4O2/c1-23-16-5-4-13(11-19-16)12-20-17(22)21-10-2-3-15(21)14-6-8-18-9-7-14/h4-9,11,15H,2-3,10,12H2,1H3,(H,20,22). The molecule has 2 amide bonds. The van der Waals surface area contributed by atoms with Crippen LogP contribution in [-0.2, 0) is 6.54 Å². The van der Waals surface area contributed by atoms with Crippen LogP contribution in [0.2, 0.25) is 0 Å². The van der Waals surface area contributed by atoms with Crippen molar-refractivity contribution >= 4 is 6.03 Å². The number of likely N-dealkylation sites (tertiary alicyclic amines) is 1. The molecule has 2 aromatic rings. The molecule has 0 bridgehead atoms. The lowest BCUT2D eigenvalue weighted by Crippen LogP contribution is -2.39. The number of pyridine rings is 2. The first-order valence-electron chi connectivity index (χ1n) is 7.71. The maximum atomic E-state index is 12.5. The van der Waals surface area contributed by atoms with Crippen molar-refractivity contribution in [2.45, 2.75) is 25.4 Å². The largest absolute Gasteiger partial charge is 0.481 e. The summed E-state index contributed by atoms with van der Waals surface area (Å²) in [5.41, 5.74) is 2.08. The van der Waals surface area contributed by atoms with Crippen LogP contribution in [0.25, 0.3) is 0 Å². The van der Waals surface area contributed by atoms with E-state index in [0.717, 1.165) is 30.5 Å². The molecule has 1 unspecified atom stereocenters. The molecule has 23 heavy (non-hydrogen) atoms. The number of carbonyl (C=O) groups excluding carboxylic acids is 1. The molecule has 3 heterocycles. The first-order valence-corrected chi connectivity index (χ1v) is 7.71. The third-order valence-corrected chi connectivity index (χ3v) is 4.06. The molecule has 0 saturated carbocycles. The van der Waals surface area contributed by atoms with Crippen LogP contribution in [0.15, 0.2) is 42.9 Å². The molecule has 1 N–H and O–H groups in total. The first-order chi connectivity index (χ1) is 11.3. The molecule has 0 radical (unpaired) electrons. The minimum atomic E-state index is -0.0415. The summed E-state index contributed by atoms with van der Waals surface area (Å²) in [5.74, 6) is 0.567. The average Bonchev–Trinajstić information content (AvgIpc) is 3.11. The van der Waals surface area contributed by atoms with Gasteiger partial charge in [-0.05, 0) is 36.1 Å². The fourth-order valence-electron chi connectivity index (χ4n) is 2.86. The monoisotopic (exact) mass is 312 g/mol. The first kappa shape index (κ1) is 15.3. The molecule has 0 aliphatic carbocycles. The third kappa shape index (κ3) is 3.59. The summed E-state index contributed by atoms with van der Waals surface area (Å²) in [5, 5.41) is 2.97. The normalized spacial score (nSPS) is 17.1. The lowest BCUT2D eigenvalue weighted by atomic mass is 10.1. The molecule has 6 heteroatoms. The second-order valence-corrected chi connectivity index (χ2v) is 5.50. The molecular formula is C17H20N4O2. The molecule has 0 aromatic carbocycles. The van der Waals surface area contributed by atoms with Gasteiger partial charge in [-0.15, -0.1) is 0 Å². The highest BCUT2D eigenvalue weighted by Crippen LogP contribution is 2.31. The number of hydrogen-bond donors (Lipinski definition) is 1. The quantitative estimate of drug-likeness (QED) is 0.942. The van der Waals surface area contributed by atoms with Crippen molar-refractivity contribution in [1.82, 2.24) is 20.2 Å². The molecule has 0 spiro atoms. The van der Waals surface area contributed by atoms with Gasteiger partial charge in [0.25, 0.3) is 0 Å². The molecule has 1 fully saturated rings. The zero-order valence-electron chi connectivity index (χ0n) is 13.1. The van der Waals surface area contributed by atoms with E-state index in [2.05, 4.69) is 15.3 Å². The fourth-order valence-corrected chi connectivity index (χ4v) is 2.86. The van der Waals surface area contributed by atoms with Crippen molar-refractivity contribution in [2.75, 3.05) is 13.7 Å². The highest BCUT2D eigenvalue weighted by atomic mass is 16.5. The lowest BCUT2D eigenvalue weighted by Gasteiger charge is -2.25. The molecule has 1 atom stereocenters. The summed E-state index contributed by atoms with van der Waals surface area (Å²) < 4.78 is 5.03. The zero-order valence-corrected chi connectivity index (χ0v) is 13.1. The van der Waals surface area contributed by atoms with Gasteiger partial charge in [0.1, 0.15) is 0 Å². The Labute approximate surface area is 135 Å². The van der Waals surface area contributed by atoms with Crippen molar-refractivity contribution in [3.05, 3.63) is 54.0 Å². The van der Waals surface area contributed by atoms with Gasteiger partial charge < -0.3 is 15.0 Å². The van der Waals surface area contributed by atoms with E-state index in [1.54, 1.807) is 31.8 Å². The topological polar surface area (TPSA) is 67.3 Å². The SMILES string of the molecule is COc1ccc(CNC(=O)N2CCCC2c2ccncc2)cn1. The maximum Gasteiger partial charge on any atom is 0.318 e. The summed E-state index contributed by atoms with van der Waals surface area (Å²) in [6.07, 6.45) is 7.26. The van der Waals surface area contributed by atoms with Crippen LogP contribution in [0.1, 0.15) is 30.0 Å². The van der Waals surface area contributed by atoms with Crippen molar-refractivity contribution in [3.63, 3.8) is 0 Å². The smallest absolute Gasteiger partial charge is 0.318 e. The Balaban J connectivity index is 1.60. The van der Waals surface area contributed by atoms with E-state index < -0.39 is 0 Å². The average molecular weight is 312 g/mol. The molecule has 1 saturated heterocycles. The number of nitrogens with zero attached hydrogens (tertiary/aromatic N) is 3. The van der Waals surface area contributed by atoms with Crippen LogP contribution >= 0.6 is 0 Å². The number of hydrogen-bond acceptors (Lipinski definition) is 4. The maximum absolute atomic E-state index is 12.5. The van der Waals surface area contributed by atoms with Crippen LogP contribution in [0.5, 0.6) is 5.88 Å². The highest BCUT2D eigenvalue weighted by Gasteiger charge is 2.29. The van der Waals surface area contributed by atoms with Crippen LogP contribution < -0.4 is 10.1 Å². The Hall–Kier alpha value is -2.63. The number of methoxy groups -OCH3 is 1. The molecular weight excluding hydrogens is 292 g/mol. The second-order valence-electron chi connectivity index (χ2n) is 5.50. The molecule has 3 rings (SSSR count). The van der Waals surface area contributed by atoms with Crippen molar-refractivity contribution in [2.24, 2.45) is 0 Å². The van der Waals surface area contributed by atoms with E-state index in [-0.39, 0.29) is 12.1 Å². The summed E-state index contributed by atoms with van der Waals surface area (Å²) in [6, 6.07) is 7.73. The van der Waals surface area contributed by atoms with Crippen molar-refractivity contribution in [3.8, 4) is 5.88 Å². The van der Waals surface area contributed by atoms with Crippen molar-refractivity contribution in [1.29, 1.82) is 0 Å². The molecule has 120 valence electrons. The molecule has 2 aromatic heterocycles. The molecule has 1 aliphatic rings. The van der Waals surface area contributed by atoms with Crippen LogP contribution in [0.4, 0.5) is 4.79 Å². The number of rotatable bonds is 4. The van der Waals surface area contributed by atoms with Gasteiger partial charge in [0, 0.05) is 37.7 Å². The van der Waals surface area contributed by atoms with E-state index >= 15 is 0 Å². The van der Waals surface area contributed by atoms with Crippen LogP contribution in [-0.4, -0.2) is 34.6 Å². The minimum absolute atomic E-state index is 0.0415. The van der Waals surface area contributed by atoms with E-state index in [1.165, 1.54) is 0 Å². The van der Waals surface area contributed by atoms with Gasteiger partial charge in [0.05, 0.1) is 13.2 Å². The van der Waals surface area contributed by atoms with Crippen LogP contribution in [0.3, 0.4) is 0 Å². The van der Waals surface area contributed by atoms with E-state index in [1.807, 2.05) is 23.1 Å². The van der Waals surface area contributed by atoms with Gasteiger partial charge in [-0.2, -0.15) is 0 Å². The summed E-state index contributed by atoms with van der Waals surface area (Å²) in [4.78, 5) is 22.6. The number of carbonyl (C=O) groups is 1. The minimum Gasteiger partial charge on any atom is -0.481 e. The van der Waals surface area contributed by atoms with E-state index in [0.29, 0.717) is 12.4 Å². The third-order valence-electron chi connectivity index (χ3n) is 4.06. The Morgan fingerprint density at radius 3 is 2.87 bits per heavy atom. The van der Waals surface area contributed by atoms with Gasteiger partial charge in [0.15, 0.2) is 0 Å². The van der Waals surface area contributed by atoms with Crippen LogP contribution in [0, 0.1) is 0 Å². The van der Waals surface area contributed by atoms with E-state index in [9.17, 15) is 4.79 Å². The van der Waals surface area contributed by atoms with Gasteiger partial charge in [-0.25, -0.2) is 9.78 Å². The number of ether oxygens (including phenoxy) is 1. The van der Waals surface area contributed by atoms with Crippen molar-refractivity contribution < 1.29 is 9.53 Å². The Morgan fingerprint density at radius 1 is 1.35 bits per heavy atom. The molecule has 6 nitrogen and oxygen atoms in total. The number of amides is 2. The lowest BCUT2D eigenvalue weighted by molar-refractivity contribution is 0.192. The van der Waals surface area contributed by atoms with Gasteiger partial charge in [-0.3, -0.25) is 4.98 Å². The van der Waals surface area contributed by atoms with Gasteiger partial charge in [-0.1, -0.05) is 6.07 Å². The Bertz CT molecular complexity index is 645. The number of aromatic nitrogens is 2. The predicted octanol–water partition coefficient (Wildman–Crippen LogP) is 2.53. The van der Waals surface area contributed by atoms with E-state index in [4.69, 9.17) is 4.74 Å². The number of urea groups is 1. The molecule has 1 aliphatic heterocycles. The van der Waals surface area contributed by atoms with Gasteiger partial charge >= 0.3 is 6.03 Å². The summed E-state index contributed by atoms with van der Waals surface area (Å²) >= 11 is 0. The summed E-state index contributed by atoms with van der Waals surface area (Å²) in [7, 11) is 1.58. The predicted molar refractivity (Wildman–Crippen MR) is 85.9 cm³/mol. The number of nitrogens with one attached hydrogen (secondary N) is 1. The Morgan fingerprint density at radius 2 is 2.17 bits per heavy atom. The highest BCUT2D eigenvalue weighted by molar-refractivity contribution is 5.75. The summed E-state index contributed by atoms with van der Waals surface area (Å²) in [6.45, 7) is 1.23.